The molecule has 9 rings (SSSR count). The molecule has 0 spiro atoms. The summed E-state index contributed by atoms with van der Waals surface area (Å²) in [5.41, 5.74) is 12.0. The lowest BCUT2D eigenvalue weighted by molar-refractivity contribution is 0.633. The molecule has 3 heterocycles. The van der Waals surface area contributed by atoms with Gasteiger partial charge in [0.25, 0.3) is 0 Å². The first-order valence-electron chi connectivity index (χ1n) is 14.8. The number of fused-ring (bicyclic) bond motifs is 7. The number of benzene rings is 6. The van der Waals surface area contributed by atoms with Crippen molar-refractivity contribution in [3.8, 4) is 44.6 Å². The molecule has 0 unspecified atom stereocenters. The van der Waals surface area contributed by atoms with Crippen molar-refractivity contribution in [3.63, 3.8) is 0 Å². The molecular formula is C41H25NO2. The van der Waals surface area contributed by atoms with Gasteiger partial charge in [-0.25, -0.2) is 0 Å². The van der Waals surface area contributed by atoms with Crippen molar-refractivity contribution in [2.45, 2.75) is 0 Å². The minimum absolute atomic E-state index is 0.758. The monoisotopic (exact) mass is 563 g/mol. The van der Waals surface area contributed by atoms with Crippen LogP contribution in [0.5, 0.6) is 0 Å². The van der Waals surface area contributed by atoms with E-state index in [1.54, 1.807) is 0 Å². The Bertz CT molecular complexity index is 2470. The van der Waals surface area contributed by atoms with Gasteiger partial charge in [0.2, 0.25) is 0 Å². The van der Waals surface area contributed by atoms with Crippen LogP contribution in [0.2, 0.25) is 0 Å². The number of hydrogen-bond acceptors (Lipinski definition) is 3. The zero-order chi connectivity index (χ0) is 29.0. The van der Waals surface area contributed by atoms with Crippen LogP contribution in [0.1, 0.15) is 0 Å². The predicted molar refractivity (Wildman–Crippen MR) is 181 cm³/mol. The molecule has 6 aromatic carbocycles. The summed E-state index contributed by atoms with van der Waals surface area (Å²) in [7, 11) is 0. The SMILES string of the molecule is c1ccc(-c2ccc3oc4c(cc(-c5ccnc(-c6ccccc6)c5)c5c6cc(-c7ccccc7)ccc6oc45)c3c2)cc1. The lowest BCUT2D eigenvalue weighted by atomic mass is 9.94. The van der Waals surface area contributed by atoms with Crippen molar-refractivity contribution in [2.75, 3.05) is 0 Å². The normalized spacial score (nSPS) is 11.6. The highest BCUT2D eigenvalue weighted by Gasteiger charge is 2.22. The highest BCUT2D eigenvalue weighted by atomic mass is 16.4. The van der Waals surface area contributed by atoms with Gasteiger partial charge in [0.1, 0.15) is 11.2 Å². The van der Waals surface area contributed by atoms with E-state index in [0.717, 1.165) is 77.4 Å². The highest BCUT2D eigenvalue weighted by Crippen LogP contribution is 2.45. The van der Waals surface area contributed by atoms with E-state index in [2.05, 4.69) is 115 Å². The average Bonchev–Trinajstić information content (AvgIpc) is 3.67. The summed E-state index contributed by atoms with van der Waals surface area (Å²) < 4.78 is 13.2. The van der Waals surface area contributed by atoms with Crippen LogP contribution in [0.15, 0.2) is 161 Å². The van der Waals surface area contributed by atoms with Crippen LogP contribution in [0, 0.1) is 0 Å². The van der Waals surface area contributed by atoms with Gasteiger partial charge in [0.05, 0.1) is 5.69 Å². The third kappa shape index (κ3) is 3.94. The number of nitrogens with zero attached hydrogens (tertiary/aromatic N) is 1. The van der Waals surface area contributed by atoms with Crippen LogP contribution in [-0.2, 0) is 0 Å². The Labute approximate surface area is 253 Å². The number of furan rings is 2. The molecule has 0 aliphatic heterocycles. The molecular weight excluding hydrogens is 538 g/mol. The van der Waals surface area contributed by atoms with Crippen molar-refractivity contribution in [1.29, 1.82) is 0 Å². The van der Waals surface area contributed by atoms with Crippen molar-refractivity contribution < 1.29 is 8.83 Å². The zero-order valence-corrected chi connectivity index (χ0v) is 23.7. The Balaban J connectivity index is 1.37. The number of aromatic nitrogens is 1. The topological polar surface area (TPSA) is 39.2 Å². The second-order valence-corrected chi connectivity index (χ2v) is 11.2. The standard InChI is InChI=1S/C41H25NO2/c1-4-10-26(11-5-1)29-16-18-37-33(22-29)34-25-32(31-20-21-42-36(24-31)28-14-8-3-9-15-28)39-35-23-30(27-12-6-2-7-13-27)17-19-38(35)44-41(39)40(34)43-37/h1-25H. The fraction of sp³-hybridized carbons (Fsp3) is 0. The quantitative estimate of drug-likeness (QED) is 0.214. The summed E-state index contributed by atoms with van der Waals surface area (Å²) in [6.07, 6.45) is 1.90. The van der Waals surface area contributed by atoms with E-state index < -0.39 is 0 Å². The first-order chi connectivity index (χ1) is 21.8. The number of pyridine rings is 1. The molecule has 3 nitrogen and oxygen atoms in total. The summed E-state index contributed by atoms with van der Waals surface area (Å²) >= 11 is 0. The Morgan fingerprint density at radius 1 is 0.386 bits per heavy atom. The smallest absolute Gasteiger partial charge is 0.179 e. The molecule has 0 aliphatic rings. The molecule has 0 N–H and O–H groups in total. The van der Waals surface area contributed by atoms with Gasteiger partial charge in [-0.15, -0.1) is 0 Å². The van der Waals surface area contributed by atoms with Gasteiger partial charge in [0.15, 0.2) is 11.2 Å². The molecule has 0 fully saturated rings. The first kappa shape index (κ1) is 24.6. The maximum Gasteiger partial charge on any atom is 0.179 e. The van der Waals surface area contributed by atoms with Crippen molar-refractivity contribution in [2.24, 2.45) is 0 Å². The molecule has 0 amide bonds. The van der Waals surface area contributed by atoms with Gasteiger partial charge < -0.3 is 8.83 Å². The third-order valence-corrected chi connectivity index (χ3v) is 8.53. The Hall–Kier alpha value is -5.93. The fourth-order valence-electron chi connectivity index (χ4n) is 6.38. The Morgan fingerprint density at radius 2 is 0.955 bits per heavy atom. The summed E-state index contributed by atoms with van der Waals surface area (Å²) in [5, 5.41) is 4.19. The summed E-state index contributed by atoms with van der Waals surface area (Å²) in [4.78, 5) is 4.72. The summed E-state index contributed by atoms with van der Waals surface area (Å²) in [6.45, 7) is 0. The Kier molecular flexibility index (Phi) is 5.50. The Morgan fingerprint density at radius 3 is 1.61 bits per heavy atom. The zero-order valence-electron chi connectivity index (χ0n) is 23.7. The van der Waals surface area contributed by atoms with E-state index in [9.17, 15) is 0 Å². The minimum atomic E-state index is 0.758. The second-order valence-electron chi connectivity index (χ2n) is 11.2. The molecule has 0 aliphatic carbocycles. The summed E-state index contributed by atoms with van der Waals surface area (Å²) in [6, 6.07) is 50.6. The largest absolute Gasteiger partial charge is 0.452 e. The number of hydrogen-bond donors (Lipinski definition) is 0. The molecule has 206 valence electrons. The number of rotatable bonds is 4. The van der Waals surface area contributed by atoms with Crippen LogP contribution in [-0.4, -0.2) is 4.98 Å². The van der Waals surface area contributed by atoms with Crippen LogP contribution >= 0.6 is 0 Å². The fourth-order valence-corrected chi connectivity index (χ4v) is 6.38. The van der Waals surface area contributed by atoms with Gasteiger partial charge in [-0.1, -0.05) is 103 Å². The molecule has 0 saturated heterocycles. The molecule has 0 atom stereocenters. The van der Waals surface area contributed by atoms with E-state index in [0.29, 0.717) is 0 Å². The van der Waals surface area contributed by atoms with Gasteiger partial charge in [0, 0.05) is 33.3 Å². The molecule has 0 bridgehead atoms. The lowest BCUT2D eigenvalue weighted by Gasteiger charge is -2.08. The van der Waals surface area contributed by atoms with E-state index in [4.69, 9.17) is 13.8 Å². The molecule has 0 saturated carbocycles. The van der Waals surface area contributed by atoms with Gasteiger partial charge in [-0.3, -0.25) is 4.98 Å². The van der Waals surface area contributed by atoms with Crippen molar-refractivity contribution >= 4 is 43.9 Å². The molecule has 0 radical (unpaired) electrons. The van der Waals surface area contributed by atoms with Gasteiger partial charge in [-0.05, 0) is 75.8 Å². The lowest BCUT2D eigenvalue weighted by Crippen LogP contribution is -1.87. The van der Waals surface area contributed by atoms with Crippen LogP contribution in [0.25, 0.3) is 88.5 Å². The van der Waals surface area contributed by atoms with E-state index >= 15 is 0 Å². The molecule has 3 heteroatoms. The van der Waals surface area contributed by atoms with Gasteiger partial charge in [-0.2, -0.15) is 0 Å². The molecule has 9 aromatic rings. The van der Waals surface area contributed by atoms with E-state index in [1.165, 1.54) is 11.1 Å². The summed E-state index contributed by atoms with van der Waals surface area (Å²) in [5.74, 6) is 0. The van der Waals surface area contributed by atoms with E-state index in [-0.39, 0.29) is 0 Å². The van der Waals surface area contributed by atoms with Crippen LogP contribution in [0.4, 0.5) is 0 Å². The van der Waals surface area contributed by atoms with Crippen LogP contribution in [0.3, 0.4) is 0 Å². The maximum absolute atomic E-state index is 6.67. The predicted octanol–water partition coefficient (Wildman–Crippen LogP) is 11.5. The molecule has 44 heavy (non-hydrogen) atoms. The van der Waals surface area contributed by atoms with Gasteiger partial charge >= 0.3 is 0 Å². The first-order valence-corrected chi connectivity index (χ1v) is 14.8. The van der Waals surface area contributed by atoms with E-state index in [1.807, 2.05) is 36.5 Å². The minimum Gasteiger partial charge on any atom is -0.452 e. The average molecular weight is 564 g/mol. The maximum atomic E-state index is 6.67. The van der Waals surface area contributed by atoms with Crippen molar-refractivity contribution in [3.05, 3.63) is 152 Å². The van der Waals surface area contributed by atoms with Crippen LogP contribution < -0.4 is 0 Å². The third-order valence-electron chi connectivity index (χ3n) is 8.53. The highest BCUT2D eigenvalue weighted by molar-refractivity contribution is 6.24. The van der Waals surface area contributed by atoms with Crippen molar-refractivity contribution in [1.82, 2.24) is 4.98 Å². The molecule has 3 aromatic heterocycles. The second kappa shape index (κ2) is 9.82.